The number of aromatic nitrogens is 1. The first kappa shape index (κ1) is 14.1. The van der Waals surface area contributed by atoms with Crippen molar-refractivity contribution in [3.05, 3.63) is 41.3 Å². The van der Waals surface area contributed by atoms with E-state index in [0.29, 0.717) is 18.1 Å². The maximum atomic E-state index is 12.8. The Labute approximate surface area is 137 Å². The minimum atomic E-state index is 0.0165. The van der Waals surface area contributed by atoms with E-state index in [9.17, 15) is 4.79 Å². The lowest BCUT2D eigenvalue weighted by Crippen LogP contribution is -2.38. The molecule has 0 bridgehead atoms. The molecule has 23 heavy (non-hydrogen) atoms. The average Bonchev–Trinajstić information content (AvgIpc) is 3.17. The zero-order valence-corrected chi connectivity index (χ0v) is 13.7. The zero-order chi connectivity index (χ0) is 16.0. The van der Waals surface area contributed by atoms with E-state index in [1.165, 1.54) is 11.3 Å². The van der Waals surface area contributed by atoms with E-state index >= 15 is 0 Å². The minimum Gasteiger partial charge on any atom is -0.467 e. The maximum Gasteiger partial charge on any atom is 0.267 e. The van der Waals surface area contributed by atoms with E-state index in [1.54, 1.807) is 17.4 Å². The summed E-state index contributed by atoms with van der Waals surface area (Å²) in [5, 5.41) is 4.40. The van der Waals surface area contributed by atoms with Crippen LogP contribution >= 0.6 is 11.3 Å². The normalized spacial score (nSPS) is 14.0. The number of furan rings is 1. The fourth-order valence-electron chi connectivity index (χ4n) is 2.81. The van der Waals surface area contributed by atoms with Crippen LogP contribution in [-0.4, -0.2) is 36.6 Å². The van der Waals surface area contributed by atoms with Crippen LogP contribution in [0.3, 0.4) is 0 Å². The van der Waals surface area contributed by atoms with Crippen LogP contribution < -0.4 is 10.2 Å². The number of nitrogens with one attached hydrogen (secondary N) is 1. The number of pyridine rings is 1. The van der Waals surface area contributed by atoms with Crippen molar-refractivity contribution in [3.8, 4) is 0 Å². The van der Waals surface area contributed by atoms with Gasteiger partial charge in [-0.15, -0.1) is 11.3 Å². The Morgan fingerprint density at radius 3 is 3.04 bits per heavy atom. The number of carbonyl (C=O) groups excluding carboxylic acids is 1. The van der Waals surface area contributed by atoms with Crippen LogP contribution in [0.5, 0.6) is 0 Å². The predicted molar refractivity (Wildman–Crippen MR) is 91.0 cm³/mol. The van der Waals surface area contributed by atoms with Gasteiger partial charge in [-0.1, -0.05) is 0 Å². The van der Waals surface area contributed by atoms with Crippen molar-refractivity contribution in [1.29, 1.82) is 0 Å². The minimum absolute atomic E-state index is 0.0165. The Bertz CT molecular complexity index is 870. The van der Waals surface area contributed by atoms with Crippen LogP contribution in [0.2, 0.25) is 0 Å². The van der Waals surface area contributed by atoms with Crippen molar-refractivity contribution in [2.45, 2.75) is 6.54 Å². The van der Waals surface area contributed by atoms with Crippen molar-refractivity contribution in [3.63, 3.8) is 0 Å². The molecule has 118 valence electrons. The fraction of sp³-hybridized carbons (Fsp3) is 0.250. The second-order valence-electron chi connectivity index (χ2n) is 5.63. The number of nitrogens with zero attached hydrogens (tertiary/aromatic N) is 3. The summed E-state index contributed by atoms with van der Waals surface area (Å²) >= 11 is 1.43. The fourth-order valence-corrected chi connectivity index (χ4v) is 3.92. The molecule has 0 radical (unpaired) electrons. The van der Waals surface area contributed by atoms with Gasteiger partial charge in [0.1, 0.15) is 15.5 Å². The van der Waals surface area contributed by atoms with Crippen LogP contribution in [0.15, 0.2) is 35.1 Å². The highest BCUT2D eigenvalue weighted by Crippen LogP contribution is 2.42. The van der Waals surface area contributed by atoms with Crippen molar-refractivity contribution >= 4 is 38.8 Å². The van der Waals surface area contributed by atoms with E-state index in [-0.39, 0.29) is 5.91 Å². The molecule has 7 heteroatoms. The second kappa shape index (κ2) is 5.27. The van der Waals surface area contributed by atoms with Crippen LogP contribution in [0.4, 0.5) is 11.4 Å². The highest BCUT2D eigenvalue weighted by molar-refractivity contribution is 7.21. The molecule has 1 N–H and O–H groups in total. The van der Waals surface area contributed by atoms with Gasteiger partial charge in [-0.05, 0) is 18.2 Å². The van der Waals surface area contributed by atoms with Crippen LogP contribution in [0.25, 0.3) is 10.2 Å². The molecular weight excluding hydrogens is 312 g/mol. The second-order valence-corrected chi connectivity index (χ2v) is 6.63. The molecule has 0 atom stereocenters. The lowest BCUT2D eigenvalue weighted by molar-refractivity contribution is 0.0740. The van der Waals surface area contributed by atoms with Gasteiger partial charge in [-0.25, -0.2) is 4.98 Å². The zero-order valence-electron chi connectivity index (χ0n) is 12.9. The Hall–Kier alpha value is -2.54. The third-order valence-electron chi connectivity index (χ3n) is 3.91. The molecule has 0 unspecified atom stereocenters. The molecule has 3 aromatic rings. The number of thiophene rings is 1. The highest BCUT2D eigenvalue weighted by Gasteiger charge is 2.30. The molecule has 6 nitrogen and oxygen atoms in total. The monoisotopic (exact) mass is 328 g/mol. The smallest absolute Gasteiger partial charge is 0.267 e. The summed E-state index contributed by atoms with van der Waals surface area (Å²) in [5.74, 6) is 0.791. The van der Waals surface area contributed by atoms with E-state index in [4.69, 9.17) is 4.42 Å². The molecular formula is C16H16N4O2S. The number of fused-ring (bicyclic) bond motifs is 3. The number of rotatable bonds is 3. The van der Waals surface area contributed by atoms with E-state index < -0.39 is 0 Å². The average molecular weight is 328 g/mol. The first-order valence-corrected chi connectivity index (χ1v) is 8.11. The summed E-state index contributed by atoms with van der Waals surface area (Å²) < 4.78 is 5.34. The van der Waals surface area contributed by atoms with Gasteiger partial charge in [-0.3, -0.25) is 4.79 Å². The number of hydrogen-bond acceptors (Lipinski definition) is 6. The summed E-state index contributed by atoms with van der Waals surface area (Å²) in [7, 11) is 3.99. The topological polar surface area (TPSA) is 61.6 Å². The SMILES string of the molecule is CN(C)c1ccnc2sc3c(c12)NCN(Cc1ccco1)C3=O. The van der Waals surface area contributed by atoms with E-state index in [2.05, 4.69) is 10.3 Å². The molecule has 3 aromatic heterocycles. The van der Waals surface area contributed by atoms with Gasteiger partial charge in [0.25, 0.3) is 5.91 Å². The molecule has 0 fully saturated rings. The molecule has 0 saturated carbocycles. The predicted octanol–water partition coefficient (Wildman–Crippen LogP) is 2.98. The number of hydrogen-bond donors (Lipinski definition) is 1. The molecule has 4 rings (SSSR count). The standard InChI is InChI=1S/C16H16N4O2S/c1-19(2)11-5-6-17-15-12(11)13-14(23-15)16(21)20(9-18-13)8-10-4-3-7-22-10/h3-7,18H,8-9H2,1-2H3. The van der Waals surface area contributed by atoms with Crippen molar-refractivity contribution < 1.29 is 9.21 Å². The summed E-state index contributed by atoms with van der Waals surface area (Å²) in [6.45, 7) is 0.917. The van der Waals surface area contributed by atoms with Crippen LogP contribution in [0, 0.1) is 0 Å². The lowest BCUT2D eigenvalue weighted by atomic mass is 10.2. The van der Waals surface area contributed by atoms with Crippen LogP contribution in [0.1, 0.15) is 15.4 Å². The third-order valence-corrected chi connectivity index (χ3v) is 4.99. The van der Waals surface area contributed by atoms with Gasteiger partial charge >= 0.3 is 0 Å². The summed E-state index contributed by atoms with van der Waals surface area (Å²) in [4.78, 5) is 22.6. The molecule has 0 aromatic carbocycles. The Morgan fingerprint density at radius 1 is 1.43 bits per heavy atom. The highest BCUT2D eigenvalue weighted by atomic mass is 32.1. The molecule has 1 aliphatic heterocycles. The molecule has 4 heterocycles. The first-order valence-electron chi connectivity index (χ1n) is 7.29. The Kier molecular flexibility index (Phi) is 3.23. The summed E-state index contributed by atoms with van der Waals surface area (Å²) in [5.41, 5.74) is 1.95. The summed E-state index contributed by atoms with van der Waals surface area (Å²) in [6.07, 6.45) is 3.40. The lowest BCUT2D eigenvalue weighted by Gasteiger charge is -2.27. The first-order chi connectivity index (χ1) is 11.1. The van der Waals surface area contributed by atoms with Gasteiger partial charge in [0.2, 0.25) is 0 Å². The van der Waals surface area contributed by atoms with E-state index in [1.807, 2.05) is 37.2 Å². The maximum absolute atomic E-state index is 12.8. The van der Waals surface area contributed by atoms with Crippen LogP contribution in [-0.2, 0) is 6.54 Å². The Balaban J connectivity index is 1.76. The van der Waals surface area contributed by atoms with Crippen molar-refractivity contribution in [2.24, 2.45) is 0 Å². The number of amides is 1. The number of carbonyl (C=O) groups is 1. The molecule has 1 aliphatic rings. The molecule has 0 saturated heterocycles. The Morgan fingerprint density at radius 2 is 2.30 bits per heavy atom. The molecule has 0 aliphatic carbocycles. The van der Waals surface area contributed by atoms with Gasteiger partial charge < -0.3 is 19.5 Å². The number of anilines is 2. The molecule has 1 amide bonds. The third kappa shape index (κ3) is 2.24. The van der Waals surface area contributed by atoms with Gasteiger partial charge in [0.15, 0.2) is 0 Å². The van der Waals surface area contributed by atoms with Gasteiger partial charge in [0, 0.05) is 20.3 Å². The summed E-state index contributed by atoms with van der Waals surface area (Å²) in [6, 6.07) is 5.67. The van der Waals surface area contributed by atoms with Gasteiger partial charge in [0.05, 0.1) is 36.2 Å². The van der Waals surface area contributed by atoms with Gasteiger partial charge in [-0.2, -0.15) is 0 Å². The largest absolute Gasteiger partial charge is 0.467 e. The quantitative estimate of drug-likeness (QED) is 0.801. The molecule has 0 spiro atoms. The van der Waals surface area contributed by atoms with Crippen molar-refractivity contribution in [2.75, 3.05) is 31.0 Å². The van der Waals surface area contributed by atoms with E-state index in [0.717, 1.165) is 27.4 Å². The van der Waals surface area contributed by atoms with Crippen molar-refractivity contribution in [1.82, 2.24) is 9.88 Å².